The molecular weight excluding hydrogens is 306 g/mol. The molecule has 0 aliphatic rings. The molecule has 116 valence electrons. The van der Waals surface area contributed by atoms with Crippen LogP contribution in [0.15, 0.2) is 65.2 Å². The van der Waals surface area contributed by atoms with Gasteiger partial charge in [0.15, 0.2) is 0 Å². The Hall–Kier alpha value is -3.54. The molecule has 0 fully saturated rings. The Balaban J connectivity index is 1.75. The quantitative estimate of drug-likeness (QED) is 0.620. The molecule has 0 saturated carbocycles. The molecule has 2 aromatic carbocycles. The van der Waals surface area contributed by atoms with Crippen molar-refractivity contribution in [2.75, 3.05) is 0 Å². The van der Waals surface area contributed by atoms with Gasteiger partial charge in [0.1, 0.15) is 0 Å². The van der Waals surface area contributed by atoms with Gasteiger partial charge in [-0.1, -0.05) is 18.2 Å². The van der Waals surface area contributed by atoms with Gasteiger partial charge in [0.2, 0.25) is 11.8 Å². The minimum absolute atomic E-state index is 0.207. The summed E-state index contributed by atoms with van der Waals surface area (Å²) >= 11 is 0. The second kappa shape index (κ2) is 5.58. The minimum Gasteiger partial charge on any atom is -0.478 e. The Morgan fingerprint density at radius 1 is 0.917 bits per heavy atom. The zero-order valence-corrected chi connectivity index (χ0v) is 12.4. The van der Waals surface area contributed by atoms with E-state index in [4.69, 9.17) is 9.52 Å². The average molecular weight is 317 g/mol. The molecule has 0 radical (unpaired) electrons. The predicted octanol–water partition coefficient (Wildman–Crippen LogP) is 3.65. The molecule has 0 bridgehead atoms. The Morgan fingerprint density at radius 2 is 1.67 bits per heavy atom. The summed E-state index contributed by atoms with van der Waals surface area (Å²) in [5.41, 5.74) is 2.53. The lowest BCUT2D eigenvalue weighted by molar-refractivity contribution is 0.0697. The first-order chi connectivity index (χ1) is 11.7. The number of carboxylic acid groups (broad SMARTS) is 1. The van der Waals surface area contributed by atoms with Gasteiger partial charge < -0.3 is 9.52 Å². The Kier molecular flexibility index (Phi) is 3.28. The summed E-state index contributed by atoms with van der Waals surface area (Å²) in [5.74, 6) is -0.246. The van der Waals surface area contributed by atoms with Gasteiger partial charge in [0.05, 0.1) is 11.1 Å². The number of para-hydroxylation sites is 1. The summed E-state index contributed by atoms with van der Waals surface area (Å²) in [5, 5.41) is 18.0. The highest BCUT2D eigenvalue weighted by Crippen LogP contribution is 2.28. The number of rotatable bonds is 3. The van der Waals surface area contributed by atoms with Gasteiger partial charge in [0, 0.05) is 22.7 Å². The fourth-order valence-electron chi connectivity index (χ4n) is 2.49. The number of hydrogen-bond acceptors (Lipinski definition) is 5. The topological polar surface area (TPSA) is 89.1 Å². The second-order valence-corrected chi connectivity index (χ2v) is 5.17. The van der Waals surface area contributed by atoms with Gasteiger partial charge in [-0.05, 0) is 36.4 Å². The van der Waals surface area contributed by atoms with E-state index in [-0.39, 0.29) is 5.56 Å². The maximum Gasteiger partial charge on any atom is 0.335 e. The summed E-state index contributed by atoms with van der Waals surface area (Å²) in [4.78, 5) is 15.2. The normalized spacial score (nSPS) is 10.8. The monoisotopic (exact) mass is 317 g/mol. The summed E-state index contributed by atoms with van der Waals surface area (Å²) < 4.78 is 5.77. The zero-order valence-electron chi connectivity index (χ0n) is 12.4. The van der Waals surface area contributed by atoms with Crippen LogP contribution in [0.4, 0.5) is 0 Å². The van der Waals surface area contributed by atoms with Crippen molar-refractivity contribution in [3.8, 4) is 22.9 Å². The van der Waals surface area contributed by atoms with E-state index in [0.29, 0.717) is 17.3 Å². The number of aromatic nitrogens is 3. The number of aromatic carboxylic acids is 1. The molecule has 0 amide bonds. The van der Waals surface area contributed by atoms with Crippen LogP contribution >= 0.6 is 0 Å². The van der Waals surface area contributed by atoms with Crippen LogP contribution in [0.5, 0.6) is 0 Å². The molecule has 4 aromatic rings. The molecule has 2 aromatic heterocycles. The first-order valence-corrected chi connectivity index (χ1v) is 7.24. The molecule has 4 rings (SSSR count). The molecule has 0 unspecified atom stereocenters. The number of carboxylic acids is 1. The highest BCUT2D eigenvalue weighted by molar-refractivity contribution is 5.92. The third-order valence-electron chi connectivity index (χ3n) is 3.68. The molecule has 6 nitrogen and oxygen atoms in total. The fourth-order valence-corrected chi connectivity index (χ4v) is 2.49. The molecule has 6 heteroatoms. The first kappa shape index (κ1) is 14.1. The number of hydrogen-bond donors (Lipinski definition) is 1. The van der Waals surface area contributed by atoms with Crippen molar-refractivity contribution in [1.82, 2.24) is 15.2 Å². The Morgan fingerprint density at radius 3 is 2.46 bits per heavy atom. The van der Waals surface area contributed by atoms with E-state index in [1.165, 1.54) is 12.1 Å². The highest BCUT2D eigenvalue weighted by atomic mass is 16.4. The van der Waals surface area contributed by atoms with Gasteiger partial charge in [-0.25, -0.2) is 4.79 Å². The van der Waals surface area contributed by atoms with Crippen LogP contribution in [0.2, 0.25) is 0 Å². The van der Waals surface area contributed by atoms with Crippen LogP contribution in [0.3, 0.4) is 0 Å². The third kappa shape index (κ3) is 2.40. The van der Waals surface area contributed by atoms with Gasteiger partial charge >= 0.3 is 5.97 Å². The Labute approximate surface area is 136 Å². The lowest BCUT2D eigenvalue weighted by Gasteiger charge is -2.01. The van der Waals surface area contributed by atoms with Crippen molar-refractivity contribution in [3.63, 3.8) is 0 Å². The van der Waals surface area contributed by atoms with Crippen LogP contribution in [-0.4, -0.2) is 26.3 Å². The standard InChI is InChI=1S/C18H11N3O3/c22-18(23)12-7-5-11(6-8-12)16-20-21-17(24-16)14-9-10-19-15-4-2-1-3-13(14)15/h1-10H,(H,22,23). The number of fused-ring (bicyclic) bond motifs is 1. The zero-order chi connectivity index (χ0) is 16.5. The summed E-state index contributed by atoms with van der Waals surface area (Å²) in [6.07, 6.45) is 1.70. The highest BCUT2D eigenvalue weighted by Gasteiger charge is 2.13. The summed E-state index contributed by atoms with van der Waals surface area (Å²) in [7, 11) is 0. The number of benzene rings is 2. The largest absolute Gasteiger partial charge is 0.478 e. The van der Waals surface area contributed by atoms with Crippen molar-refractivity contribution in [3.05, 3.63) is 66.4 Å². The molecule has 0 aliphatic carbocycles. The van der Waals surface area contributed by atoms with Crippen molar-refractivity contribution in [2.45, 2.75) is 0 Å². The summed E-state index contributed by atoms with van der Waals surface area (Å²) in [6, 6.07) is 15.8. The fraction of sp³-hybridized carbons (Fsp3) is 0. The van der Waals surface area contributed by atoms with Crippen molar-refractivity contribution >= 4 is 16.9 Å². The van der Waals surface area contributed by atoms with Crippen LogP contribution in [-0.2, 0) is 0 Å². The van der Waals surface area contributed by atoms with Crippen LogP contribution in [0, 0.1) is 0 Å². The molecule has 0 aliphatic heterocycles. The molecule has 0 atom stereocenters. The van der Waals surface area contributed by atoms with Gasteiger partial charge in [-0.3, -0.25) is 4.98 Å². The van der Waals surface area contributed by atoms with Gasteiger partial charge in [-0.2, -0.15) is 0 Å². The maximum atomic E-state index is 10.9. The van der Waals surface area contributed by atoms with Crippen LogP contribution in [0.25, 0.3) is 33.8 Å². The smallest absolute Gasteiger partial charge is 0.335 e. The number of carbonyl (C=O) groups is 1. The second-order valence-electron chi connectivity index (χ2n) is 5.17. The third-order valence-corrected chi connectivity index (χ3v) is 3.68. The predicted molar refractivity (Wildman–Crippen MR) is 87.4 cm³/mol. The van der Waals surface area contributed by atoms with E-state index in [9.17, 15) is 4.79 Å². The Bertz CT molecular complexity index is 1030. The minimum atomic E-state index is -0.976. The number of nitrogens with zero attached hydrogens (tertiary/aromatic N) is 3. The van der Waals surface area contributed by atoms with E-state index in [2.05, 4.69) is 15.2 Å². The van der Waals surface area contributed by atoms with E-state index >= 15 is 0 Å². The first-order valence-electron chi connectivity index (χ1n) is 7.24. The number of pyridine rings is 1. The molecule has 0 saturated heterocycles. The van der Waals surface area contributed by atoms with E-state index in [1.807, 2.05) is 30.3 Å². The molecule has 1 N–H and O–H groups in total. The van der Waals surface area contributed by atoms with Crippen molar-refractivity contribution in [1.29, 1.82) is 0 Å². The molecule has 2 heterocycles. The van der Waals surface area contributed by atoms with Crippen molar-refractivity contribution < 1.29 is 14.3 Å². The molecule has 0 spiro atoms. The van der Waals surface area contributed by atoms with E-state index in [1.54, 1.807) is 18.3 Å². The lowest BCUT2D eigenvalue weighted by atomic mass is 10.1. The molecule has 24 heavy (non-hydrogen) atoms. The van der Waals surface area contributed by atoms with Crippen LogP contribution < -0.4 is 0 Å². The van der Waals surface area contributed by atoms with E-state index < -0.39 is 5.97 Å². The van der Waals surface area contributed by atoms with Crippen molar-refractivity contribution in [2.24, 2.45) is 0 Å². The SMILES string of the molecule is O=C(O)c1ccc(-c2nnc(-c3ccnc4ccccc34)o2)cc1. The average Bonchev–Trinajstić information content (AvgIpc) is 3.11. The summed E-state index contributed by atoms with van der Waals surface area (Å²) in [6.45, 7) is 0. The van der Waals surface area contributed by atoms with Crippen LogP contribution in [0.1, 0.15) is 10.4 Å². The van der Waals surface area contributed by atoms with E-state index in [0.717, 1.165) is 16.5 Å². The molecular formula is C18H11N3O3. The lowest BCUT2D eigenvalue weighted by Crippen LogP contribution is -1.94. The maximum absolute atomic E-state index is 10.9. The van der Waals surface area contributed by atoms with Gasteiger partial charge in [-0.15, -0.1) is 10.2 Å². The van der Waals surface area contributed by atoms with Gasteiger partial charge in [0.25, 0.3) is 0 Å².